The number of benzene rings is 1. The number of urea groups is 1. The van der Waals surface area contributed by atoms with Crippen molar-refractivity contribution in [1.29, 1.82) is 0 Å². The number of nitrogens with one attached hydrogen (secondary N) is 2. The summed E-state index contributed by atoms with van der Waals surface area (Å²) in [6.07, 6.45) is 1.18. The summed E-state index contributed by atoms with van der Waals surface area (Å²) in [5.74, 6) is -0.0790. The number of fused-ring (bicyclic) bond motifs is 1. The van der Waals surface area contributed by atoms with Crippen LogP contribution in [0.2, 0.25) is 0 Å². The smallest absolute Gasteiger partial charge is 0.322 e. The van der Waals surface area contributed by atoms with E-state index < -0.39 is 0 Å². The van der Waals surface area contributed by atoms with E-state index in [-0.39, 0.29) is 24.1 Å². The van der Waals surface area contributed by atoms with E-state index in [1.54, 1.807) is 4.90 Å². The Kier molecular flexibility index (Phi) is 4.58. The maximum absolute atomic E-state index is 12.8. The van der Waals surface area contributed by atoms with E-state index in [1.165, 1.54) is 0 Å². The molecule has 0 spiro atoms. The molecule has 0 saturated carbocycles. The number of aryl methyl sites for hydroxylation is 1. The average Bonchev–Trinajstić information content (AvgIpc) is 3.20. The van der Waals surface area contributed by atoms with Crippen LogP contribution in [-0.2, 0) is 4.74 Å². The summed E-state index contributed by atoms with van der Waals surface area (Å²) in [4.78, 5) is 28.8. The van der Waals surface area contributed by atoms with Crippen molar-refractivity contribution in [2.24, 2.45) is 0 Å². The molecule has 0 aliphatic carbocycles. The van der Waals surface area contributed by atoms with Gasteiger partial charge in [0.1, 0.15) is 0 Å². The van der Waals surface area contributed by atoms with Crippen LogP contribution in [0, 0.1) is 6.92 Å². The largest absolute Gasteiger partial charge is 0.376 e. The van der Waals surface area contributed by atoms with E-state index in [1.807, 2.05) is 25.1 Å². The Morgan fingerprint density at radius 2 is 2.19 bits per heavy atom. The highest BCUT2D eigenvalue weighted by molar-refractivity contribution is 5.99. The summed E-state index contributed by atoms with van der Waals surface area (Å²) >= 11 is 0. The lowest BCUT2D eigenvalue weighted by atomic mass is 10.1. The van der Waals surface area contributed by atoms with Gasteiger partial charge in [-0.15, -0.1) is 0 Å². The van der Waals surface area contributed by atoms with Gasteiger partial charge in [0.25, 0.3) is 5.91 Å². The highest BCUT2D eigenvalue weighted by Gasteiger charge is 2.37. The minimum absolute atomic E-state index is 0.0790. The molecule has 7 heteroatoms. The first-order chi connectivity index (χ1) is 12.5. The van der Waals surface area contributed by atoms with Crippen molar-refractivity contribution in [2.75, 3.05) is 37.7 Å². The van der Waals surface area contributed by atoms with E-state index in [4.69, 9.17) is 4.74 Å². The fraction of sp³-hybridized carbons (Fsp3) is 0.579. The second-order valence-electron chi connectivity index (χ2n) is 7.54. The molecule has 3 heterocycles. The van der Waals surface area contributed by atoms with Crippen molar-refractivity contribution in [1.82, 2.24) is 15.5 Å². The monoisotopic (exact) mass is 358 g/mol. The van der Waals surface area contributed by atoms with Crippen molar-refractivity contribution in [2.45, 2.75) is 38.5 Å². The third-order valence-electron chi connectivity index (χ3n) is 5.55. The molecule has 3 atom stereocenters. The molecule has 3 aliphatic heterocycles. The Morgan fingerprint density at radius 1 is 1.35 bits per heavy atom. The molecule has 1 aromatic carbocycles. The van der Waals surface area contributed by atoms with Crippen LogP contribution in [0.15, 0.2) is 18.2 Å². The van der Waals surface area contributed by atoms with Crippen molar-refractivity contribution in [3.8, 4) is 0 Å². The van der Waals surface area contributed by atoms with Gasteiger partial charge < -0.3 is 15.4 Å². The van der Waals surface area contributed by atoms with Gasteiger partial charge in [-0.05, 0) is 38.0 Å². The summed E-state index contributed by atoms with van der Waals surface area (Å²) in [6.45, 7) is 7.85. The lowest BCUT2D eigenvalue weighted by Crippen LogP contribution is -2.45. The first-order valence-corrected chi connectivity index (χ1v) is 9.34. The van der Waals surface area contributed by atoms with Gasteiger partial charge in [0, 0.05) is 49.5 Å². The van der Waals surface area contributed by atoms with Gasteiger partial charge in [0.15, 0.2) is 0 Å². The molecule has 26 heavy (non-hydrogen) atoms. The molecule has 0 aromatic heterocycles. The number of rotatable bonds is 3. The van der Waals surface area contributed by atoms with E-state index in [0.29, 0.717) is 24.7 Å². The molecule has 7 nitrogen and oxygen atoms in total. The van der Waals surface area contributed by atoms with E-state index in [2.05, 4.69) is 22.5 Å². The highest BCUT2D eigenvalue weighted by Crippen LogP contribution is 2.25. The minimum atomic E-state index is -0.104. The molecule has 3 amide bonds. The number of anilines is 1. The molecule has 1 aromatic rings. The Bertz CT molecular complexity index is 723. The molecule has 140 valence electrons. The Labute approximate surface area is 153 Å². The molecule has 3 fully saturated rings. The number of morpholine rings is 1. The normalized spacial score (nSPS) is 28.8. The molecule has 0 radical (unpaired) electrons. The van der Waals surface area contributed by atoms with Crippen LogP contribution in [0.3, 0.4) is 0 Å². The number of carbonyl (C=O) groups is 2. The Hall–Kier alpha value is -2.12. The number of amides is 3. The predicted molar refractivity (Wildman–Crippen MR) is 98.6 cm³/mol. The third kappa shape index (κ3) is 3.29. The average molecular weight is 358 g/mol. The van der Waals surface area contributed by atoms with Crippen LogP contribution < -0.4 is 15.5 Å². The quantitative estimate of drug-likeness (QED) is 0.849. The topological polar surface area (TPSA) is 73.9 Å². The summed E-state index contributed by atoms with van der Waals surface area (Å²) in [6, 6.07) is 5.99. The molecule has 3 saturated heterocycles. The van der Waals surface area contributed by atoms with Crippen LogP contribution in [0.5, 0.6) is 0 Å². The van der Waals surface area contributed by atoms with Crippen molar-refractivity contribution < 1.29 is 14.3 Å². The van der Waals surface area contributed by atoms with Crippen molar-refractivity contribution >= 4 is 17.6 Å². The zero-order chi connectivity index (χ0) is 18.3. The second-order valence-corrected chi connectivity index (χ2v) is 7.54. The number of carbonyl (C=O) groups excluding carboxylic acids is 2. The van der Waals surface area contributed by atoms with Crippen LogP contribution in [0.1, 0.15) is 29.3 Å². The predicted octanol–water partition coefficient (Wildman–Crippen LogP) is 1.12. The standard InChI is InChI=1S/C19H26N4O3/c1-12-3-4-14(7-17(12)23-6-5-20-19(23)25)18(24)21-15-8-16-11-26-13(2)9-22(16)10-15/h3-4,7,13,15-16H,5-6,8-11H2,1-2H3,(H,20,25)(H,21,24)/t13-,15+,16-/m0/s1. The van der Waals surface area contributed by atoms with Crippen molar-refractivity contribution in [3.05, 3.63) is 29.3 Å². The zero-order valence-electron chi connectivity index (χ0n) is 15.3. The molecule has 4 rings (SSSR count). The summed E-state index contributed by atoms with van der Waals surface area (Å²) < 4.78 is 5.73. The van der Waals surface area contributed by atoms with Gasteiger partial charge in [-0.2, -0.15) is 0 Å². The molecule has 3 aliphatic rings. The fourth-order valence-corrected chi connectivity index (χ4v) is 4.16. The van der Waals surface area contributed by atoms with Gasteiger partial charge in [0.05, 0.1) is 12.7 Å². The number of ether oxygens (including phenoxy) is 1. The zero-order valence-corrected chi connectivity index (χ0v) is 15.3. The first kappa shape index (κ1) is 17.3. The molecule has 0 bridgehead atoms. The molecule has 0 unspecified atom stereocenters. The lowest BCUT2D eigenvalue weighted by Gasteiger charge is -2.33. The fourth-order valence-electron chi connectivity index (χ4n) is 4.16. The van der Waals surface area contributed by atoms with Crippen LogP contribution in [0.25, 0.3) is 0 Å². The van der Waals surface area contributed by atoms with E-state index >= 15 is 0 Å². The van der Waals surface area contributed by atoms with Gasteiger partial charge in [-0.1, -0.05) is 6.07 Å². The maximum Gasteiger partial charge on any atom is 0.322 e. The van der Waals surface area contributed by atoms with Gasteiger partial charge in [-0.3, -0.25) is 14.6 Å². The third-order valence-corrected chi connectivity index (χ3v) is 5.55. The van der Waals surface area contributed by atoms with Crippen LogP contribution in [0.4, 0.5) is 10.5 Å². The number of hydrogen-bond donors (Lipinski definition) is 2. The number of nitrogens with zero attached hydrogens (tertiary/aromatic N) is 2. The minimum Gasteiger partial charge on any atom is -0.376 e. The van der Waals surface area contributed by atoms with Crippen LogP contribution in [-0.4, -0.2) is 67.8 Å². The maximum atomic E-state index is 12.8. The second kappa shape index (κ2) is 6.89. The summed E-state index contributed by atoms with van der Waals surface area (Å²) in [7, 11) is 0. The van der Waals surface area contributed by atoms with Gasteiger partial charge >= 0.3 is 6.03 Å². The SMILES string of the molecule is Cc1ccc(C(=O)N[C@@H]2C[C@H]3CO[C@@H](C)CN3C2)cc1N1CCNC1=O. The molecule has 2 N–H and O–H groups in total. The van der Waals surface area contributed by atoms with Crippen LogP contribution >= 0.6 is 0 Å². The summed E-state index contributed by atoms with van der Waals surface area (Å²) in [5, 5.41) is 5.96. The van der Waals surface area contributed by atoms with E-state index in [0.717, 1.165) is 37.4 Å². The number of hydrogen-bond acceptors (Lipinski definition) is 4. The molecular formula is C19H26N4O3. The van der Waals surface area contributed by atoms with E-state index in [9.17, 15) is 9.59 Å². The Balaban J connectivity index is 1.44. The molecular weight excluding hydrogens is 332 g/mol. The first-order valence-electron chi connectivity index (χ1n) is 9.34. The lowest BCUT2D eigenvalue weighted by molar-refractivity contribution is -0.0390. The van der Waals surface area contributed by atoms with Gasteiger partial charge in [0.2, 0.25) is 0 Å². The van der Waals surface area contributed by atoms with Crippen molar-refractivity contribution in [3.63, 3.8) is 0 Å². The Morgan fingerprint density at radius 3 is 2.96 bits per heavy atom. The highest BCUT2D eigenvalue weighted by atomic mass is 16.5. The summed E-state index contributed by atoms with van der Waals surface area (Å²) in [5.41, 5.74) is 2.39. The van der Waals surface area contributed by atoms with Gasteiger partial charge in [-0.25, -0.2) is 4.79 Å².